The number of nitrogens with one attached hydrogen (secondary N) is 1. The molecule has 2 rings (SSSR count). The van der Waals surface area contributed by atoms with Crippen molar-refractivity contribution in [2.24, 2.45) is 5.92 Å². The Morgan fingerprint density at radius 1 is 1.35 bits per heavy atom. The van der Waals surface area contributed by atoms with Crippen LogP contribution in [0.1, 0.15) is 37.7 Å². The second-order valence-corrected chi connectivity index (χ2v) is 5.53. The summed E-state index contributed by atoms with van der Waals surface area (Å²) in [6.07, 6.45) is 1.02. The molecule has 1 amide bonds. The quantitative estimate of drug-likeness (QED) is 0.863. The lowest BCUT2D eigenvalue weighted by Crippen LogP contribution is -2.37. The minimum atomic E-state index is -0.176. The van der Waals surface area contributed by atoms with E-state index >= 15 is 0 Å². The first-order valence-corrected chi connectivity index (χ1v) is 7.27. The molecule has 1 heterocycles. The van der Waals surface area contributed by atoms with E-state index in [1.165, 1.54) is 0 Å². The van der Waals surface area contributed by atoms with Gasteiger partial charge in [-0.15, -0.1) is 0 Å². The summed E-state index contributed by atoms with van der Waals surface area (Å²) < 4.78 is 0. The van der Waals surface area contributed by atoms with Gasteiger partial charge in [-0.05, 0) is 24.3 Å². The predicted octanol–water partition coefficient (Wildman–Crippen LogP) is 4.05. The molecule has 1 N–H and O–H groups in total. The number of hydrogen-bond acceptors (Lipinski definition) is 2. The van der Waals surface area contributed by atoms with Crippen molar-refractivity contribution in [2.75, 3.05) is 0 Å². The van der Waals surface area contributed by atoms with Crippen molar-refractivity contribution in [3.8, 4) is 0 Å². The maximum Gasteiger partial charge on any atom is 0.270 e. The smallest absolute Gasteiger partial charge is 0.270 e. The molecular formula is C16H19ClN2O. The fourth-order valence-electron chi connectivity index (χ4n) is 2.05. The molecule has 106 valence electrons. The third kappa shape index (κ3) is 3.10. The summed E-state index contributed by atoms with van der Waals surface area (Å²) in [7, 11) is 0. The summed E-state index contributed by atoms with van der Waals surface area (Å²) in [5.41, 5.74) is 0.365. The van der Waals surface area contributed by atoms with Crippen molar-refractivity contribution in [3.63, 3.8) is 0 Å². The predicted molar refractivity (Wildman–Crippen MR) is 83.1 cm³/mol. The van der Waals surface area contributed by atoms with Gasteiger partial charge in [0.1, 0.15) is 10.8 Å². The van der Waals surface area contributed by atoms with Gasteiger partial charge in [-0.2, -0.15) is 0 Å². The van der Waals surface area contributed by atoms with Crippen molar-refractivity contribution in [3.05, 3.63) is 41.2 Å². The summed E-state index contributed by atoms with van der Waals surface area (Å²) >= 11 is 6.14. The van der Waals surface area contributed by atoms with Crippen LogP contribution in [0.15, 0.2) is 30.3 Å². The lowest BCUT2D eigenvalue weighted by molar-refractivity contribution is 0.0923. The molecule has 3 nitrogen and oxygen atoms in total. The number of carbonyl (C=O) groups is 1. The minimum Gasteiger partial charge on any atom is -0.348 e. The maximum absolute atomic E-state index is 12.2. The van der Waals surface area contributed by atoms with E-state index in [4.69, 9.17) is 11.6 Å². The highest BCUT2D eigenvalue weighted by Crippen LogP contribution is 2.22. The van der Waals surface area contributed by atoms with Crippen LogP contribution in [0.4, 0.5) is 0 Å². The Hall–Kier alpha value is -1.61. The van der Waals surface area contributed by atoms with Gasteiger partial charge in [0.2, 0.25) is 0 Å². The highest BCUT2D eigenvalue weighted by atomic mass is 35.5. The molecule has 0 radical (unpaired) electrons. The highest BCUT2D eigenvalue weighted by Gasteiger charge is 2.16. The summed E-state index contributed by atoms with van der Waals surface area (Å²) in [4.78, 5) is 16.4. The van der Waals surface area contributed by atoms with E-state index < -0.39 is 0 Å². The lowest BCUT2D eigenvalue weighted by atomic mass is 10.0. The van der Waals surface area contributed by atoms with Crippen LogP contribution in [0.25, 0.3) is 10.8 Å². The third-order valence-electron chi connectivity index (χ3n) is 3.78. The van der Waals surface area contributed by atoms with Crippen molar-refractivity contribution in [2.45, 2.75) is 33.2 Å². The first-order valence-electron chi connectivity index (χ1n) is 6.89. The van der Waals surface area contributed by atoms with Crippen LogP contribution in [0, 0.1) is 5.92 Å². The molecule has 2 aromatic rings. The van der Waals surface area contributed by atoms with Crippen LogP contribution in [-0.4, -0.2) is 16.9 Å². The van der Waals surface area contributed by atoms with Gasteiger partial charge < -0.3 is 5.32 Å². The Morgan fingerprint density at radius 2 is 2.05 bits per heavy atom. The van der Waals surface area contributed by atoms with Crippen LogP contribution < -0.4 is 5.32 Å². The van der Waals surface area contributed by atoms with Crippen LogP contribution in [0.5, 0.6) is 0 Å². The molecular weight excluding hydrogens is 272 g/mol. The lowest BCUT2D eigenvalue weighted by Gasteiger charge is -2.19. The van der Waals surface area contributed by atoms with Crippen LogP contribution in [0.2, 0.25) is 5.15 Å². The Labute approximate surface area is 124 Å². The van der Waals surface area contributed by atoms with Crippen molar-refractivity contribution in [1.82, 2.24) is 10.3 Å². The summed E-state index contributed by atoms with van der Waals surface area (Å²) in [5.74, 6) is 0.250. The van der Waals surface area contributed by atoms with Gasteiger partial charge in [-0.1, -0.05) is 56.1 Å². The molecule has 1 aromatic heterocycles. The summed E-state index contributed by atoms with van der Waals surface area (Å²) in [5, 5.41) is 5.13. The number of carbonyl (C=O) groups excluding carboxylic acids is 1. The number of hydrogen-bond donors (Lipinski definition) is 1. The number of pyridine rings is 1. The zero-order valence-electron chi connectivity index (χ0n) is 12.0. The second-order valence-electron chi connectivity index (χ2n) is 5.17. The number of rotatable bonds is 4. The number of amides is 1. The molecule has 2 unspecified atom stereocenters. The third-order valence-corrected chi connectivity index (χ3v) is 4.07. The Balaban J connectivity index is 2.27. The maximum atomic E-state index is 12.2. The first-order chi connectivity index (χ1) is 9.52. The standard InChI is InChI=1S/C16H19ClN2O/c1-4-10(2)11(3)18-16(20)14-9-12-7-5-6-8-13(12)15(17)19-14/h5-11H,4H2,1-3H3,(H,18,20). The topological polar surface area (TPSA) is 42.0 Å². The molecule has 0 bridgehead atoms. The molecule has 0 aliphatic rings. The number of nitrogens with zero attached hydrogens (tertiary/aromatic N) is 1. The molecule has 4 heteroatoms. The average molecular weight is 291 g/mol. The molecule has 0 fully saturated rings. The van der Waals surface area contributed by atoms with Gasteiger partial charge in [-0.3, -0.25) is 4.79 Å². The van der Waals surface area contributed by atoms with E-state index in [2.05, 4.69) is 24.1 Å². The zero-order valence-corrected chi connectivity index (χ0v) is 12.7. The van der Waals surface area contributed by atoms with Crippen molar-refractivity contribution < 1.29 is 4.79 Å². The highest BCUT2D eigenvalue weighted by molar-refractivity contribution is 6.34. The Morgan fingerprint density at radius 3 is 2.75 bits per heavy atom. The molecule has 0 spiro atoms. The van der Waals surface area contributed by atoms with E-state index in [0.29, 0.717) is 16.8 Å². The normalized spacial score (nSPS) is 14.0. The van der Waals surface area contributed by atoms with Crippen LogP contribution in [-0.2, 0) is 0 Å². The van der Waals surface area contributed by atoms with Crippen molar-refractivity contribution >= 4 is 28.3 Å². The van der Waals surface area contributed by atoms with Gasteiger partial charge in [0.15, 0.2) is 0 Å². The number of halogens is 1. The number of aromatic nitrogens is 1. The summed E-state index contributed by atoms with van der Waals surface area (Å²) in [6, 6.07) is 9.54. The molecule has 0 aliphatic carbocycles. The van der Waals surface area contributed by atoms with E-state index in [0.717, 1.165) is 17.2 Å². The molecule has 20 heavy (non-hydrogen) atoms. The second kappa shape index (κ2) is 6.23. The average Bonchev–Trinajstić information content (AvgIpc) is 2.46. The number of fused-ring (bicyclic) bond motifs is 1. The fraction of sp³-hybridized carbons (Fsp3) is 0.375. The minimum absolute atomic E-state index is 0.111. The van der Waals surface area contributed by atoms with E-state index in [1.54, 1.807) is 6.07 Å². The Kier molecular flexibility index (Phi) is 4.61. The van der Waals surface area contributed by atoms with Gasteiger partial charge in [0, 0.05) is 11.4 Å². The van der Waals surface area contributed by atoms with E-state index in [9.17, 15) is 4.79 Å². The van der Waals surface area contributed by atoms with Crippen LogP contribution in [0.3, 0.4) is 0 Å². The first kappa shape index (κ1) is 14.8. The monoisotopic (exact) mass is 290 g/mol. The summed E-state index contributed by atoms with van der Waals surface area (Å²) in [6.45, 7) is 6.24. The Bertz CT molecular complexity index is 627. The van der Waals surface area contributed by atoms with Crippen molar-refractivity contribution in [1.29, 1.82) is 0 Å². The zero-order chi connectivity index (χ0) is 14.7. The van der Waals surface area contributed by atoms with E-state index in [-0.39, 0.29) is 11.9 Å². The molecule has 1 aromatic carbocycles. The van der Waals surface area contributed by atoms with Gasteiger partial charge in [0.25, 0.3) is 5.91 Å². The molecule has 0 saturated carbocycles. The largest absolute Gasteiger partial charge is 0.348 e. The van der Waals surface area contributed by atoms with E-state index in [1.807, 2.05) is 31.2 Å². The van der Waals surface area contributed by atoms with Gasteiger partial charge in [0.05, 0.1) is 0 Å². The van der Waals surface area contributed by atoms with Gasteiger partial charge >= 0.3 is 0 Å². The van der Waals surface area contributed by atoms with Gasteiger partial charge in [-0.25, -0.2) is 4.98 Å². The molecule has 0 aliphatic heterocycles. The number of benzene rings is 1. The molecule has 0 saturated heterocycles. The van der Waals surface area contributed by atoms with Crippen LogP contribution >= 0.6 is 11.6 Å². The fourth-order valence-corrected chi connectivity index (χ4v) is 2.31. The SMILES string of the molecule is CCC(C)C(C)NC(=O)c1cc2ccccc2c(Cl)n1. The molecule has 2 atom stereocenters.